The number of aromatic nitrogens is 1. The molecule has 0 saturated heterocycles. The van der Waals surface area contributed by atoms with Gasteiger partial charge in [0.05, 0.1) is 0 Å². The number of rotatable bonds is 5. The molecular formula is C25H28N2O. The fourth-order valence-electron chi connectivity index (χ4n) is 4.30. The Bertz CT molecular complexity index is 1010. The third kappa shape index (κ3) is 3.62. The molecule has 1 aliphatic heterocycles. The molecule has 2 heterocycles. The van der Waals surface area contributed by atoms with E-state index in [0.29, 0.717) is 6.42 Å². The SMILES string of the molecule is Cc1c(CCCC(=O)N2CC=C(c3ccccc3)CC2)c2ccccc2n1C. The molecule has 1 aromatic heterocycles. The van der Waals surface area contributed by atoms with Gasteiger partial charge in [-0.25, -0.2) is 0 Å². The van der Waals surface area contributed by atoms with Gasteiger partial charge in [-0.05, 0) is 49.0 Å². The van der Waals surface area contributed by atoms with E-state index in [9.17, 15) is 4.79 Å². The van der Waals surface area contributed by atoms with Crippen molar-refractivity contribution in [3.63, 3.8) is 0 Å². The number of carbonyl (C=O) groups is 1. The van der Waals surface area contributed by atoms with E-state index in [2.05, 4.69) is 73.1 Å². The number of hydrogen-bond acceptors (Lipinski definition) is 1. The zero-order chi connectivity index (χ0) is 19.5. The van der Waals surface area contributed by atoms with E-state index in [4.69, 9.17) is 0 Å². The van der Waals surface area contributed by atoms with Crippen molar-refractivity contribution in [2.24, 2.45) is 7.05 Å². The van der Waals surface area contributed by atoms with Gasteiger partial charge in [0.25, 0.3) is 0 Å². The van der Waals surface area contributed by atoms with Gasteiger partial charge in [-0.1, -0.05) is 54.6 Å². The number of nitrogens with zero attached hydrogens (tertiary/aromatic N) is 2. The molecule has 3 aromatic rings. The van der Waals surface area contributed by atoms with E-state index < -0.39 is 0 Å². The lowest BCUT2D eigenvalue weighted by Crippen LogP contribution is -2.34. The molecule has 144 valence electrons. The summed E-state index contributed by atoms with van der Waals surface area (Å²) in [5, 5.41) is 1.32. The minimum atomic E-state index is 0.279. The van der Waals surface area contributed by atoms with Crippen molar-refractivity contribution in [3.8, 4) is 0 Å². The molecule has 4 rings (SSSR count). The zero-order valence-electron chi connectivity index (χ0n) is 16.8. The third-order valence-electron chi connectivity index (χ3n) is 6.05. The summed E-state index contributed by atoms with van der Waals surface area (Å²) in [5.41, 5.74) is 6.60. The van der Waals surface area contributed by atoms with E-state index in [1.54, 1.807) is 0 Å². The van der Waals surface area contributed by atoms with Gasteiger partial charge in [-0.2, -0.15) is 0 Å². The Labute approximate surface area is 167 Å². The van der Waals surface area contributed by atoms with Crippen molar-refractivity contribution in [1.29, 1.82) is 0 Å². The Hall–Kier alpha value is -2.81. The number of benzene rings is 2. The minimum Gasteiger partial charge on any atom is -0.348 e. The third-order valence-corrected chi connectivity index (χ3v) is 6.05. The maximum absolute atomic E-state index is 12.7. The Kier molecular flexibility index (Phi) is 5.34. The number of fused-ring (bicyclic) bond motifs is 1. The summed E-state index contributed by atoms with van der Waals surface area (Å²) < 4.78 is 2.26. The molecule has 28 heavy (non-hydrogen) atoms. The molecule has 0 radical (unpaired) electrons. The highest BCUT2D eigenvalue weighted by Crippen LogP contribution is 2.27. The molecule has 0 aliphatic carbocycles. The molecule has 0 fully saturated rings. The lowest BCUT2D eigenvalue weighted by atomic mass is 9.99. The molecule has 0 spiro atoms. The van der Waals surface area contributed by atoms with E-state index in [-0.39, 0.29) is 5.91 Å². The summed E-state index contributed by atoms with van der Waals surface area (Å²) in [5.74, 6) is 0.279. The van der Waals surface area contributed by atoms with E-state index in [0.717, 1.165) is 32.4 Å². The maximum Gasteiger partial charge on any atom is 0.222 e. The highest BCUT2D eigenvalue weighted by molar-refractivity contribution is 5.85. The second-order valence-electron chi connectivity index (χ2n) is 7.68. The fourth-order valence-corrected chi connectivity index (χ4v) is 4.30. The number of amides is 1. The minimum absolute atomic E-state index is 0.279. The normalized spacial score (nSPS) is 14.4. The van der Waals surface area contributed by atoms with Crippen molar-refractivity contribution < 1.29 is 4.79 Å². The highest BCUT2D eigenvalue weighted by Gasteiger charge is 2.18. The van der Waals surface area contributed by atoms with Gasteiger partial charge in [-0.15, -0.1) is 0 Å². The van der Waals surface area contributed by atoms with Crippen LogP contribution in [0, 0.1) is 6.92 Å². The lowest BCUT2D eigenvalue weighted by molar-refractivity contribution is -0.130. The fraction of sp³-hybridized carbons (Fsp3) is 0.320. The van der Waals surface area contributed by atoms with Crippen LogP contribution in [0.4, 0.5) is 0 Å². The molecule has 2 aromatic carbocycles. The zero-order valence-corrected chi connectivity index (χ0v) is 16.8. The highest BCUT2D eigenvalue weighted by atomic mass is 16.2. The summed E-state index contributed by atoms with van der Waals surface area (Å²) in [6.07, 6.45) is 5.64. The summed E-state index contributed by atoms with van der Waals surface area (Å²) in [7, 11) is 2.12. The van der Waals surface area contributed by atoms with Crippen molar-refractivity contribution >= 4 is 22.4 Å². The number of carbonyl (C=O) groups excluding carboxylic acids is 1. The Morgan fingerprint density at radius 1 is 1.04 bits per heavy atom. The molecule has 0 bridgehead atoms. The van der Waals surface area contributed by atoms with Gasteiger partial charge in [0.15, 0.2) is 0 Å². The van der Waals surface area contributed by atoms with Crippen molar-refractivity contribution in [2.75, 3.05) is 13.1 Å². The summed E-state index contributed by atoms with van der Waals surface area (Å²) in [6.45, 7) is 3.74. The van der Waals surface area contributed by atoms with Gasteiger partial charge in [0.1, 0.15) is 0 Å². The molecule has 0 N–H and O–H groups in total. The topological polar surface area (TPSA) is 25.2 Å². The molecule has 0 atom stereocenters. The number of para-hydroxylation sites is 1. The second kappa shape index (κ2) is 8.05. The molecular weight excluding hydrogens is 344 g/mol. The van der Waals surface area contributed by atoms with Crippen molar-refractivity contribution in [2.45, 2.75) is 32.6 Å². The smallest absolute Gasteiger partial charge is 0.222 e. The average molecular weight is 373 g/mol. The predicted octanol–water partition coefficient (Wildman–Crippen LogP) is 5.13. The van der Waals surface area contributed by atoms with E-state index in [1.807, 2.05) is 11.0 Å². The molecule has 0 saturated carbocycles. The first-order valence-electron chi connectivity index (χ1n) is 10.2. The Balaban J connectivity index is 1.35. The van der Waals surface area contributed by atoms with Gasteiger partial charge < -0.3 is 9.47 Å². The Morgan fingerprint density at radius 3 is 2.54 bits per heavy atom. The van der Waals surface area contributed by atoms with Crippen LogP contribution in [-0.4, -0.2) is 28.5 Å². The monoisotopic (exact) mass is 372 g/mol. The average Bonchev–Trinajstić information content (AvgIpc) is 2.99. The van der Waals surface area contributed by atoms with Gasteiger partial charge in [-0.3, -0.25) is 4.79 Å². The number of hydrogen-bond donors (Lipinski definition) is 0. The number of aryl methyl sites for hydroxylation is 2. The molecule has 3 nitrogen and oxygen atoms in total. The van der Waals surface area contributed by atoms with Gasteiger partial charge in [0.2, 0.25) is 5.91 Å². The standard InChI is InChI=1S/C25H28N2O/c1-19-22(23-11-6-7-13-24(23)26(19)2)12-8-14-25(28)27-17-15-21(16-18-27)20-9-4-3-5-10-20/h3-7,9-11,13,15H,8,12,14,16-18H2,1-2H3. The molecule has 1 aliphatic rings. The summed E-state index contributed by atoms with van der Waals surface area (Å²) >= 11 is 0. The van der Waals surface area contributed by atoms with Crippen LogP contribution in [0.3, 0.4) is 0 Å². The summed E-state index contributed by atoms with van der Waals surface area (Å²) in [6, 6.07) is 19.0. The maximum atomic E-state index is 12.7. The van der Waals surface area contributed by atoms with Crippen LogP contribution >= 0.6 is 0 Å². The van der Waals surface area contributed by atoms with Crippen LogP contribution in [0.2, 0.25) is 0 Å². The molecule has 0 unspecified atom stereocenters. The van der Waals surface area contributed by atoms with Crippen molar-refractivity contribution in [1.82, 2.24) is 9.47 Å². The summed E-state index contributed by atoms with van der Waals surface area (Å²) in [4.78, 5) is 14.7. The Morgan fingerprint density at radius 2 is 1.79 bits per heavy atom. The quantitative estimate of drug-likeness (QED) is 0.610. The van der Waals surface area contributed by atoms with Crippen LogP contribution in [0.25, 0.3) is 16.5 Å². The van der Waals surface area contributed by atoms with Crippen molar-refractivity contribution in [3.05, 3.63) is 77.5 Å². The van der Waals surface area contributed by atoms with Crippen LogP contribution in [0.15, 0.2) is 60.7 Å². The molecule has 1 amide bonds. The predicted molar refractivity (Wildman–Crippen MR) is 116 cm³/mol. The van der Waals surface area contributed by atoms with Crippen LogP contribution in [0.1, 0.15) is 36.1 Å². The lowest BCUT2D eigenvalue weighted by Gasteiger charge is -2.26. The van der Waals surface area contributed by atoms with E-state index >= 15 is 0 Å². The van der Waals surface area contributed by atoms with Gasteiger partial charge in [0, 0.05) is 43.2 Å². The molecule has 3 heteroatoms. The largest absolute Gasteiger partial charge is 0.348 e. The van der Waals surface area contributed by atoms with Crippen LogP contribution < -0.4 is 0 Å². The second-order valence-corrected chi connectivity index (χ2v) is 7.68. The van der Waals surface area contributed by atoms with Gasteiger partial charge >= 0.3 is 0 Å². The van der Waals surface area contributed by atoms with Crippen LogP contribution in [-0.2, 0) is 18.3 Å². The van der Waals surface area contributed by atoms with Crippen LogP contribution in [0.5, 0.6) is 0 Å². The first kappa shape index (κ1) is 18.5. The van der Waals surface area contributed by atoms with E-state index in [1.165, 1.54) is 33.3 Å². The first-order valence-corrected chi connectivity index (χ1v) is 10.2. The first-order chi connectivity index (χ1) is 13.6.